The first-order chi connectivity index (χ1) is 15.2. The zero-order valence-electron chi connectivity index (χ0n) is 17.9. The zero-order valence-corrected chi connectivity index (χ0v) is 17.9. The van der Waals surface area contributed by atoms with E-state index in [0.29, 0.717) is 17.2 Å². The molecule has 4 aromatic rings. The van der Waals surface area contributed by atoms with Crippen molar-refractivity contribution in [1.29, 1.82) is 0 Å². The van der Waals surface area contributed by atoms with Gasteiger partial charge in [-0.15, -0.1) is 0 Å². The molecule has 0 N–H and O–H groups in total. The Morgan fingerprint density at radius 1 is 0.871 bits per heavy atom. The predicted molar refractivity (Wildman–Crippen MR) is 120 cm³/mol. The molecule has 0 spiro atoms. The molecular formula is C26H25NO4. The van der Waals surface area contributed by atoms with Gasteiger partial charge >= 0.3 is 0 Å². The van der Waals surface area contributed by atoms with E-state index in [1.807, 2.05) is 30.3 Å². The molecule has 2 aromatic carbocycles. The summed E-state index contributed by atoms with van der Waals surface area (Å²) in [7, 11) is 4.92. The van der Waals surface area contributed by atoms with Crippen LogP contribution < -0.4 is 14.2 Å². The van der Waals surface area contributed by atoms with Crippen molar-refractivity contribution < 1.29 is 18.6 Å². The molecule has 0 radical (unpaired) electrons. The van der Waals surface area contributed by atoms with E-state index in [1.165, 1.54) is 11.3 Å². The summed E-state index contributed by atoms with van der Waals surface area (Å²) in [6.45, 7) is 0. The van der Waals surface area contributed by atoms with E-state index in [0.717, 1.165) is 35.6 Å². The third kappa shape index (κ3) is 3.26. The molecule has 0 aliphatic carbocycles. The molecular weight excluding hydrogens is 390 g/mol. The molecule has 0 bridgehead atoms. The summed E-state index contributed by atoms with van der Waals surface area (Å²) in [6.07, 6.45) is 3.93. The van der Waals surface area contributed by atoms with Gasteiger partial charge in [-0.2, -0.15) is 0 Å². The van der Waals surface area contributed by atoms with Crippen LogP contribution in [0.5, 0.6) is 17.2 Å². The highest BCUT2D eigenvalue weighted by molar-refractivity contribution is 5.61. The topological polar surface area (TPSA) is 45.8 Å². The Hall–Kier alpha value is -3.60. The number of aryl methyl sites for hydroxylation is 1. The lowest BCUT2D eigenvalue weighted by Crippen LogP contribution is -2.07. The molecule has 0 amide bonds. The van der Waals surface area contributed by atoms with Crippen LogP contribution in [0.25, 0.3) is 17.2 Å². The van der Waals surface area contributed by atoms with E-state index in [4.69, 9.17) is 18.6 Å². The quantitative estimate of drug-likeness (QED) is 0.411. The van der Waals surface area contributed by atoms with Crippen molar-refractivity contribution in [3.05, 3.63) is 83.7 Å². The van der Waals surface area contributed by atoms with E-state index < -0.39 is 0 Å². The average Bonchev–Trinajstić information content (AvgIpc) is 3.44. The fourth-order valence-corrected chi connectivity index (χ4v) is 4.50. The molecule has 158 valence electrons. The van der Waals surface area contributed by atoms with Gasteiger partial charge in [0.1, 0.15) is 5.76 Å². The number of nitrogens with zero attached hydrogens (tertiary/aromatic N) is 1. The third-order valence-electron chi connectivity index (χ3n) is 5.99. The maximum absolute atomic E-state index is 6.36. The molecule has 1 aliphatic rings. The van der Waals surface area contributed by atoms with Gasteiger partial charge < -0.3 is 18.6 Å². The molecule has 0 saturated carbocycles. The van der Waals surface area contributed by atoms with Crippen molar-refractivity contribution in [3.63, 3.8) is 0 Å². The minimum absolute atomic E-state index is 0.173. The number of ether oxygens (including phenoxy) is 3. The summed E-state index contributed by atoms with van der Waals surface area (Å²) >= 11 is 0. The normalized spacial score (nSPS) is 15.0. The molecule has 0 fully saturated rings. The lowest BCUT2D eigenvalue weighted by molar-refractivity contribution is 0.323. The largest absolute Gasteiger partial charge is 0.493 e. The Morgan fingerprint density at radius 2 is 1.61 bits per heavy atom. The Kier molecular flexibility index (Phi) is 4.94. The molecule has 5 heteroatoms. The molecule has 5 nitrogen and oxygen atoms in total. The van der Waals surface area contributed by atoms with Gasteiger partial charge in [-0.25, -0.2) is 0 Å². The molecule has 2 aromatic heterocycles. The molecule has 1 unspecified atom stereocenters. The number of hydrogen-bond acceptors (Lipinski definition) is 4. The molecule has 3 heterocycles. The van der Waals surface area contributed by atoms with Crippen LogP contribution in [0.3, 0.4) is 0 Å². The lowest BCUT2D eigenvalue weighted by atomic mass is 9.90. The summed E-state index contributed by atoms with van der Waals surface area (Å²) in [6, 6.07) is 20.7. The van der Waals surface area contributed by atoms with Crippen LogP contribution in [0.1, 0.15) is 29.2 Å². The molecule has 1 atom stereocenters. The van der Waals surface area contributed by atoms with Gasteiger partial charge in [-0.1, -0.05) is 30.3 Å². The highest BCUT2D eigenvalue weighted by Crippen LogP contribution is 2.44. The Morgan fingerprint density at radius 3 is 2.29 bits per heavy atom. The fraction of sp³-hybridized carbons (Fsp3) is 0.231. The van der Waals surface area contributed by atoms with Crippen LogP contribution in [-0.4, -0.2) is 25.9 Å². The Labute approximate surface area is 181 Å². The molecule has 31 heavy (non-hydrogen) atoms. The Bertz CT molecular complexity index is 1180. The zero-order chi connectivity index (χ0) is 21.4. The first-order valence-electron chi connectivity index (χ1n) is 10.4. The van der Waals surface area contributed by atoms with Gasteiger partial charge in [0, 0.05) is 28.9 Å². The maximum Gasteiger partial charge on any atom is 0.207 e. The number of methoxy groups -OCH3 is 3. The summed E-state index contributed by atoms with van der Waals surface area (Å²) in [4.78, 5) is 0. The van der Waals surface area contributed by atoms with Crippen LogP contribution in [-0.2, 0) is 6.42 Å². The molecule has 1 aliphatic heterocycles. The maximum atomic E-state index is 6.36. The number of aromatic nitrogens is 1. The number of fused-ring (bicyclic) bond motifs is 3. The van der Waals surface area contributed by atoms with Crippen LogP contribution in [0.15, 0.2) is 71.3 Å². The lowest BCUT2D eigenvalue weighted by Gasteiger charge is -2.20. The van der Waals surface area contributed by atoms with Gasteiger partial charge in [-0.3, -0.25) is 4.57 Å². The van der Waals surface area contributed by atoms with Crippen molar-refractivity contribution in [2.24, 2.45) is 0 Å². The van der Waals surface area contributed by atoms with Crippen LogP contribution in [0.2, 0.25) is 0 Å². The average molecular weight is 415 g/mol. The number of furan rings is 1. The van der Waals surface area contributed by atoms with Crippen molar-refractivity contribution in [1.82, 2.24) is 4.57 Å². The highest BCUT2D eigenvalue weighted by atomic mass is 16.5. The minimum Gasteiger partial charge on any atom is -0.493 e. The number of hydrogen-bond donors (Lipinski definition) is 0. The van der Waals surface area contributed by atoms with Gasteiger partial charge in [0.25, 0.3) is 0 Å². The van der Waals surface area contributed by atoms with E-state index in [9.17, 15) is 0 Å². The van der Waals surface area contributed by atoms with Gasteiger partial charge in [-0.05, 0) is 48.7 Å². The van der Waals surface area contributed by atoms with Gasteiger partial charge in [0.2, 0.25) is 11.6 Å². The molecule has 0 saturated heterocycles. The number of benzene rings is 2. The standard InChI is InChI=1S/C26H25NO4/c1-28-23-15-19(16-24(29-2)25(23)30-3)20-12-11-18-14-22(17-8-5-4-6-9-17)31-26(18)27-13-7-10-21(20)27/h4-10,13-16,20H,11-12H2,1-3H3. The second-order valence-electron chi connectivity index (χ2n) is 7.66. The van der Waals surface area contributed by atoms with Gasteiger partial charge in [0.05, 0.1) is 21.3 Å². The number of rotatable bonds is 5. The first-order valence-corrected chi connectivity index (χ1v) is 10.4. The minimum atomic E-state index is 0.173. The van der Waals surface area contributed by atoms with E-state index in [1.54, 1.807) is 21.3 Å². The van der Waals surface area contributed by atoms with Crippen molar-refractivity contribution in [2.75, 3.05) is 21.3 Å². The van der Waals surface area contributed by atoms with Crippen LogP contribution >= 0.6 is 0 Å². The summed E-state index contributed by atoms with van der Waals surface area (Å²) in [5.74, 6) is 3.92. The Balaban J connectivity index is 1.59. The SMILES string of the molecule is COc1cc(C2CCc3cc(-c4ccccc4)oc3-n3cccc32)cc(OC)c1OC. The van der Waals surface area contributed by atoms with E-state index in [-0.39, 0.29) is 5.92 Å². The monoisotopic (exact) mass is 415 g/mol. The van der Waals surface area contributed by atoms with Crippen molar-refractivity contribution in [2.45, 2.75) is 18.8 Å². The van der Waals surface area contributed by atoms with Crippen LogP contribution in [0.4, 0.5) is 0 Å². The van der Waals surface area contributed by atoms with E-state index in [2.05, 4.69) is 41.1 Å². The second kappa shape index (κ2) is 7.91. The summed E-state index contributed by atoms with van der Waals surface area (Å²) < 4.78 is 25.2. The van der Waals surface area contributed by atoms with E-state index >= 15 is 0 Å². The smallest absolute Gasteiger partial charge is 0.207 e. The van der Waals surface area contributed by atoms with Crippen molar-refractivity contribution in [3.8, 4) is 34.5 Å². The summed E-state index contributed by atoms with van der Waals surface area (Å²) in [5.41, 5.74) is 4.61. The summed E-state index contributed by atoms with van der Waals surface area (Å²) in [5, 5.41) is 0. The first kappa shape index (κ1) is 19.4. The third-order valence-corrected chi connectivity index (χ3v) is 5.99. The fourth-order valence-electron chi connectivity index (χ4n) is 4.50. The van der Waals surface area contributed by atoms with Gasteiger partial charge in [0.15, 0.2) is 11.5 Å². The predicted octanol–water partition coefficient (Wildman–Crippen LogP) is 5.84. The highest BCUT2D eigenvalue weighted by Gasteiger charge is 2.28. The van der Waals surface area contributed by atoms with Crippen molar-refractivity contribution >= 4 is 0 Å². The second-order valence-corrected chi connectivity index (χ2v) is 7.66. The van der Waals surface area contributed by atoms with Crippen LogP contribution in [0, 0.1) is 0 Å². The molecule has 5 rings (SSSR count).